The molecule has 0 unspecified atom stereocenters. The molecule has 6 heteroatoms. The average molecular weight is 302 g/mol. The number of aromatic nitrogens is 4. The molecular weight excluding hydrogens is 295 g/mol. The Kier molecular flexibility index (Phi) is 2.62. The molecule has 2 aromatic heterocycles. The van der Waals surface area contributed by atoms with E-state index >= 15 is 0 Å². The number of rotatable bonds is 2. The summed E-state index contributed by atoms with van der Waals surface area (Å²) in [5.74, 6) is 1.43. The van der Waals surface area contributed by atoms with Gasteiger partial charge in [-0.1, -0.05) is 0 Å². The summed E-state index contributed by atoms with van der Waals surface area (Å²) in [6.45, 7) is 0. The lowest BCUT2D eigenvalue weighted by molar-refractivity contribution is 0.412. The normalized spacial score (nSPS) is 10.1. The van der Waals surface area contributed by atoms with Gasteiger partial charge >= 0.3 is 0 Å². The van der Waals surface area contributed by atoms with Crippen LogP contribution >= 0.6 is 22.6 Å². The monoisotopic (exact) mass is 302 g/mol. The van der Waals surface area contributed by atoms with Crippen LogP contribution in [-0.4, -0.2) is 27.1 Å². The molecule has 0 N–H and O–H groups in total. The number of pyridine rings is 1. The molecule has 0 aliphatic carbocycles. The fourth-order valence-corrected chi connectivity index (χ4v) is 1.66. The maximum atomic E-state index is 5.05. The summed E-state index contributed by atoms with van der Waals surface area (Å²) < 4.78 is 5.99. The molecule has 14 heavy (non-hydrogen) atoms. The Bertz CT molecular complexity index is 429. The third-order valence-electron chi connectivity index (χ3n) is 1.64. The molecule has 5 nitrogen and oxygen atoms in total. The molecule has 0 aliphatic rings. The number of hydrogen-bond donors (Lipinski definition) is 0. The van der Waals surface area contributed by atoms with Crippen LogP contribution in [0.5, 0.6) is 5.75 Å². The molecule has 0 atom stereocenters. The van der Waals surface area contributed by atoms with E-state index in [4.69, 9.17) is 4.74 Å². The minimum absolute atomic E-state index is 0.705. The minimum Gasteiger partial charge on any atom is -0.495 e. The lowest BCUT2D eigenvalue weighted by atomic mass is 10.4. The molecular formula is C8H7IN4O. The fraction of sp³-hybridized carbons (Fsp3) is 0.125. The van der Waals surface area contributed by atoms with E-state index in [-0.39, 0.29) is 0 Å². The van der Waals surface area contributed by atoms with Crippen LogP contribution in [0.2, 0.25) is 0 Å². The van der Waals surface area contributed by atoms with Gasteiger partial charge in [-0.15, -0.1) is 4.80 Å². The van der Waals surface area contributed by atoms with E-state index in [0.717, 1.165) is 9.32 Å². The van der Waals surface area contributed by atoms with Gasteiger partial charge in [-0.25, -0.2) is 4.98 Å². The Morgan fingerprint density at radius 2 is 2.07 bits per heavy atom. The second kappa shape index (κ2) is 3.91. The van der Waals surface area contributed by atoms with Gasteiger partial charge in [0, 0.05) is 0 Å². The van der Waals surface area contributed by atoms with Gasteiger partial charge < -0.3 is 4.74 Å². The Balaban J connectivity index is 2.46. The SMILES string of the molecule is COc1cnc(-n2nccn2)c(I)c1. The summed E-state index contributed by atoms with van der Waals surface area (Å²) in [5, 5.41) is 8.00. The Labute approximate surface area is 94.2 Å². The maximum absolute atomic E-state index is 5.05. The highest BCUT2D eigenvalue weighted by molar-refractivity contribution is 14.1. The molecule has 0 aromatic carbocycles. The quantitative estimate of drug-likeness (QED) is 0.784. The topological polar surface area (TPSA) is 52.8 Å². The van der Waals surface area contributed by atoms with E-state index in [1.807, 2.05) is 6.07 Å². The smallest absolute Gasteiger partial charge is 0.188 e. The highest BCUT2D eigenvalue weighted by Crippen LogP contribution is 2.18. The van der Waals surface area contributed by atoms with Crippen molar-refractivity contribution in [1.82, 2.24) is 20.0 Å². The molecule has 0 amide bonds. The first-order valence-corrected chi connectivity index (χ1v) is 4.95. The first-order chi connectivity index (χ1) is 6.81. The van der Waals surface area contributed by atoms with Crippen LogP contribution in [0.25, 0.3) is 5.82 Å². The molecule has 0 radical (unpaired) electrons. The molecule has 0 spiro atoms. The van der Waals surface area contributed by atoms with E-state index in [1.165, 1.54) is 4.80 Å². The number of methoxy groups -OCH3 is 1. The van der Waals surface area contributed by atoms with Gasteiger partial charge in [0.1, 0.15) is 5.75 Å². The van der Waals surface area contributed by atoms with Crippen molar-refractivity contribution in [3.05, 3.63) is 28.2 Å². The fourth-order valence-electron chi connectivity index (χ4n) is 0.997. The van der Waals surface area contributed by atoms with Gasteiger partial charge in [0.2, 0.25) is 0 Å². The third-order valence-corrected chi connectivity index (χ3v) is 2.43. The number of hydrogen-bond acceptors (Lipinski definition) is 4. The van der Waals surface area contributed by atoms with Crippen molar-refractivity contribution in [3.63, 3.8) is 0 Å². The third kappa shape index (κ3) is 1.69. The van der Waals surface area contributed by atoms with Crippen LogP contribution in [0.1, 0.15) is 0 Å². The summed E-state index contributed by atoms with van der Waals surface area (Å²) in [6.07, 6.45) is 4.87. The zero-order valence-corrected chi connectivity index (χ0v) is 9.54. The summed E-state index contributed by atoms with van der Waals surface area (Å²) in [5.41, 5.74) is 0. The number of halogens is 1. The van der Waals surface area contributed by atoms with Crippen LogP contribution in [0.4, 0.5) is 0 Å². The lowest BCUT2D eigenvalue weighted by Crippen LogP contribution is -2.04. The summed E-state index contributed by atoms with van der Waals surface area (Å²) in [4.78, 5) is 5.67. The zero-order valence-electron chi connectivity index (χ0n) is 7.38. The maximum Gasteiger partial charge on any atom is 0.188 e. The van der Waals surface area contributed by atoms with Crippen molar-refractivity contribution in [1.29, 1.82) is 0 Å². The Morgan fingerprint density at radius 1 is 1.36 bits per heavy atom. The van der Waals surface area contributed by atoms with Crippen LogP contribution in [0.3, 0.4) is 0 Å². The standard InChI is InChI=1S/C8H7IN4O/c1-14-6-4-7(9)8(10-5-6)13-11-2-3-12-13/h2-5H,1H3. The van der Waals surface area contributed by atoms with Crippen molar-refractivity contribution in [3.8, 4) is 11.6 Å². The molecule has 2 rings (SSSR count). The first-order valence-electron chi connectivity index (χ1n) is 3.87. The Hall–Kier alpha value is -1.18. The highest BCUT2D eigenvalue weighted by atomic mass is 127. The van der Waals surface area contributed by atoms with Gasteiger partial charge in [-0.2, -0.15) is 10.2 Å². The van der Waals surface area contributed by atoms with Gasteiger partial charge in [0.25, 0.3) is 0 Å². The van der Waals surface area contributed by atoms with E-state index in [9.17, 15) is 0 Å². The highest BCUT2D eigenvalue weighted by Gasteiger charge is 2.06. The van der Waals surface area contributed by atoms with E-state index in [1.54, 1.807) is 25.7 Å². The number of ether oxygens (including phenoxy) is 1. The molecule has 0 fully saturated rings. The van der Waals surface area contributed by atoms with E-state index in [0.29, 0.717) is 5.82 Å². The Morgan fingerprint density at radius 3 is 2.64 bits per heavy atom. The van der Waals surface area contributed by atoms with Crippen molar-refractivity contribution < 1.29 is 4.74 Å². The predicted octanol–water partition coefficient (Wildman–Crippen LogP) is 1.28. The molecule has 2 heterocycles. The molecule has 72 valence electrons. The summed E-state index contributed by atoms with van der Waals surface area (Å²) >= 11 is 2.17. The van der Waals surface area contributed by atoms with Crippen molar-refractivity contribution in [2.45, 2.75) is 0 Å². The van der Waals surface area contributed by atoms with Gasteiger partial charge in [0.15, 0.2) is 5.82 Å². The van der Waals surface area contributed by atoms with E-state index < -0.39 is 0 Å². The zero-order chi connectivity index (χ0) is 9.97. The van der Waals surface area contributed by atoms with Crippen LogP contribution in [0.15, 0.2) is 24.7 Å². The largest absolute Gasteiger partial charge is 0.495 e. The summed E-state index contributed by atoms with van der Waals surface area (Å²) in [7, 11) is 1.61. The average Bonchev–Trinajstić information content (AvgIpc) is 2.70. The van der Waals surface area contributed by atoms with Crippen molar-refractivity contribution in [2.75, 3.05) is 7.11 Å². The second-order valence-corrected chi connectivity index (χ2v) is 3.66. The number of nitrogens with zero attached hydrogens (tertiary/aromatic N) is 4. The van der Waals surface area contributed by atoms with Crippen molar-refractivity contribution >= 4 is 22.6 Å². The molecule has 2 aromatic rings. The van der Waals surface area contributed by atoms with Crippen LogP contribution in [0, 0.1) is 3.57 Å². The van der Waals surface area contributed by atoms with Crippen LogP contribution in [-0.2, 0) is 0 Å². The molecule has 0 bridgehead atoms. The second-order valence-electron chi connectivity index (χ2n) is 2.50. The van der Waals surface area contributed by atoms with Crippen molar-refractivity contribution in [2.24, 2.45) is 0 Å². The predicted molar refractivity (Wildman–Crippen MR) is 58.4 cm³/mol. The molecule has 0 aliphatic heterocycles. The first kappa shape index (κ1) is 9.38. The van der Waals surface area contributed by atoms with Crippen LogP contribution < -0.4 is 4.74 Å². The minimum atomic E-state index is 0.705. The van der Waals surface area contributed by atoms with Gasteiger partial charge in [0.05, 0.1) is 29.3 Å². The molecule has 0 saturated carbocycles. The lowest BCUT2D eigenvalue weighted by Gasteiger charge is -2.03. The van der Waals surface area contributed by atoms with Gasteiger partial charge in [-0.3, -0.25) is 0 Å². The molecule has 0 saturated heterocycles. The summed E-state index contributed by atoms with van der Waals surface area (Å²) in [6, 6.07) is 1.88. The van der Waals surface area contributed by atoms with Gasteiger partial charge in [-0.05, 0) is 28.7 Å². The van der Waals surface area contributed by atoms with E-state index in [2.05, 4.69) is 37.8 Å².